The topological polar surface area (TPSA) is 34.8 Å². The van der Waals surface area contributed by atoms with Gasteiger partial charge < -0.3 is 0 Å². The second kappa shape index (κ2) is 3.72. The summed E-state index contributed by atoms with van der Waals surface area (Å²) < 4.78 is 0. The molecule has 0 radical (unpaired) electrons. The average molecular weight is 210 g/mol. The minimum absolute atomic E-state index is 0.393. The number of hydrogen-bond donors (Lipinski definition) is 1. The molecule has 1 N–H and O–H groups in total. The third kappa shape index (κ3) is 1.72. The van der Waals surface area contributed by atoms with Crippen molar-refractivity contribution in [1.29, 1.82) is 0 Å². The van der Waals surface area contributed by atoms with Gasteiger partial charge in [-0.3, -0.25) is 10.3 Å². The van der Waals surface area contributed by atoms with Gasteiger partial charge in [-0.2, -0.15) is 0 Å². The average Bonchev–Trinajstić information content (AvgIpc) is 3.11. The minimum Gasteiger partial charge on any atom is -0.298 e. The fourth-order valence-corrected chi connectivity index (χ4v) is 2.02. The van der Waals surface area contributed by atoms with Gasteiger partial charge in [0.15, 0.2) is 0 Å². The van der Waals surface area contributed by atoms with Crippen LogP contribution < -0.4 is 5.32 Å². The molecule has 2 aromatic rings. The third-order valence-corrected chi connectivity index (χ3v) is 3.03. The molecule has 1 aliphatic rings. The minimum atomic E-state index is 0.393. The SMILES string of the molecule is Cc1ccc([C@H]2N[C@H]2c2ccccn2)cc1. The Morgan fingerprint density at radius 3 is 2.50 bits per heavy atom. The first kappa shape index (κ1) is 9.55. The molecule has 0 bridgehead atoms. The number of aryl methyl sites for hydroxylation is 1. The maximum atomic E-state index is 4.37. The molecule has 2 heterocycles. The molecule has 0 unspecified atom stereocenters. The van der Waals surface area contributed by atoms with Gasteiger partial charge in [-0.15, -0.1) is 0 Å². The summed E-state index contributed by atoms with van der Waals surface area (Å²) in [5, 5.41) is 3.46. The van der Waals surface area contributed by atoms with E-state index in [1.807, 2.05) is 18.3 Å². The summed E-state index contributed by atoms with van der Waals surface area (Å²) in [6, 6.07) is 15.6. The van der Waals surface area contributed by atoms with Crippen LogP contribution in [0.25, 0.3) is 0 Å². The van der Waals surface area contributed by atoms with E-state index in [0.29, 0.717) is 12.1 Å². The van der Waals surface area contributed by atoms with Crippen LogP contribution in [0.2, 0.25) is 0 Å². The summed E-state index contributed by atoms with van der Waals surface area (Å²) in [5.41, 5.74) is 3.79. The van der Waals surface area contributed by atoms with Gasteiger partial charge in [-0.1, -0.05) is 35.9 Å². The van der Waals surface area contributed by atoms with Crippen LogP contribution >= 0.6 is 0 Å². The van der Waals surface area contributed by atoms with Gasteiger partial charge in [0.05, 0.1) is 17.8 Å². The zero-order valence-electron chi connectivity index (χ0n) is 9.22. The molecule has 3 rings (SSSR count). The number of benzene rings is 1. The molecule has 1 aliphatic heterocycles. The second-order valence-electron chi connectivity index (χ2n) is 4.29. The maximum Gasteiger partial charge on any atom is 0.0698 e. The van der Waals surface area contributed by atoms with Crippen molar-refractivity contribution in [2.75, 3.05) is 0 Å². The molecule has 2 nitrogen and oxygen atoms in total. The van der Waals surface area contributed by atoms with Crippen molar-refractivity contribution in [3.8, 4) is 0 Å². The zero-order chi connectivity index (χ0) is 11.0. The maximum absolute atomic E-state index is 4.37. The van der Waals surface area contributed by atoms with Crippen molar-refractivity contribution in [1.82, 2.24) is 10.3 Å². The fraction of sp³-hybridized carbons (Fsp3) is 0.214. The van der Waals surface area contributed by atoms with Crippen LogP contribution in [0.5, 0.6) is 0 Å². The number of pyridine rings is 1. The van der Waals surface area contributed by atoms with Crippen molar-refractivity contribution in [3.05, 3.63) is 65.5 Å². The van der Waals surface area contributed by atoms with E-state index in [1.54, 1.807) is 0 Å². The Morgan fingerprint density at radius 2 is 1.81 bits per heavy atom. The predicted molar refractivity (Wildman–Crippen MR) is 64.0 cm³/mol. The largest absolute Gasteiger partial charge is 0.298 e. The Kier molecular flexibility index (Phi) is 2.22. The lowest BCUT2D eigenvalue weighted by atomic mass is 10.1. The van der Waals surface area contributed by atoms with Crippen LogP contribution in [0, 0.1) is 6.92 Å². The van der Waals surface area contributed by atoms with Gasteiger partial charge in [-0.05, 0) is 24.6 Å². The Balaban J connectivity index is 1.79. The third-order valence-electron chi connectivity index (χ3n) is 3.03. The van der Waals surface area contributed by atoms with E-state index in [2.05, 4.69) is 47.6 Å². The highest BCUT2D eigenvalue weighted by atomic mass is 15.2. The van der Waals surface area contributed by atoms with E-state index in [9.17, 15) is 0 Å². The lowest BCUT2D eigenvalue weighted by molar-refractivity contribution is 0.962. The Bertz CT molecular complexity index is 476. The summed E-state index contributed by atoms with van der Waals surface area (Å²) >= 11 is 0. The molecule has 2 atom stereocenters. The fourth-order valence-electron chi connectivity index (χ4n) is 2.02. The van der Waals surface area contributed by atoms with Crippen molar-refractivity contribution in [3.63, 3.8) is 0 Å². The van der Waals surface area contributed by atoms with Crippen molar-refractivity contribution < 1.29 is 0 Å². The van der Waals surface area contributed by atoms with Crippen molar-refractivity contribution >= 4 is 0 Å². The summed E-state index contributed by atoms with van der Waals surface area (Å²) in [6.45, 7) is 2.11. The van der Waals surface area contributed by atoms with Gasteiger partial charge in [-0.25, -0.2) is 0 Å². The molecular weight excluding hydrogens is 196 g/mol. The van der Waals surface area contributed by atoms with E-state index in [-0.39, 0.29) is 0 Å². The van der Waals surface area contributed by atoms with Crippen LogP contribution in [-0.2, 0) is 0 Å². The Morgan fingerprint density at radius 1 is 1.00 bits per heavy atom. The Labute approximate surface area is 95.3 Å². The predicted octanol–water partition coefficient (Wildman–Crippen LogP) is 2.78. The monoisotopic (exact) mass is 210 g/mol. The zero-order valence-corrected chi connectivity index (χ0v) is 9.22. The normalized spacial score (nSPS) is 23.1. The molecule has 0 aliphatic carbocycles. The summed E-state index contributed by atoms with van der Waals surface area (Å²) in [7, 11) is 0. The van der Waals surface area contributed by atoms with Crippen molar-refractivity contribution in [2.45, 2.75) is 19.0 Å². The molecule has 1 saturated heterocycles. The highest BCUT2D eigenvalue weighted by molar-refractivity contribution is 5.32. The Hall–Kier alpha value is -1.67. The lowest BCUT2D eigenvalue weighted by Crippen LogP contribution is -1.87. The van der Waals surface area contributed by atoms with Crippen LogP contribution in [0.4, 0.5) is 0 Å². The second-order valence-corrected chi connectivity index (χ2v) is 4.29. The number of nitrogens with one attached hydrogen (secondary N) is 1. The lowest BCUT2D eigenvalue weighted by Gasteiger charge is -1.99. The number of nitrogens with zero attached hydrogens (tertiary/aromatic N) is 1. The quantitative estimate of drug-likeness (QED) is 0.773. The summed E-state index contributed by atoms with van der Waals surface area (Å²) in [4.78, 5) is 4.37. The van der Waals surface area contributed by atoms with Gasteiger partial charge >= 0.3 is 0 Å². The highest BCUT2D eigenvalue weighted by Gasteiger charge is 2.39. The number of hydrogen-bond acceptors (Lipinski definition) is 2. The first-order chi connectivity index (χ1) is 7.84. The van der Waals surface area contributed by atoms with Gasteiger partial charge in [0, 0.05) is 6.20 Å². The summed E-state index contributed by atoms with van der Waals surface area (Å²) in [5.74, 6) is 0. The van der Waals surface area contributed by atoms with Gasteiger partial charge in [0.2, 0.25) is 0 Å². The van der Waals surface area contributed by atoms with E-state index in [4.69, 9.17) is 0 Å². The first-order valence-electron chi connectivity index (χ1n) is 5.58. The van der Waals surface area contributed by atoms with E-state index in [0.717, 1.165) is 5.69 Å². The molecule has 1 fully saturated rings. The molecule has 1 aromatic heterocycles. The molecule has 0 spiro atoms. The van der Waals surface area contributed by atoms with Crippen LogP contribution in [-0.4, -0.2) is 4.98 Å². The molecule has 1 aromatic carbocycles. The number of rotatable bonds is 2. The van der Waals surface area contributed by atoms with Gasteiger partial charge in [0.25, 0.3) is 0 Å². The molecule has 16 heavy (non-hydrogen) atoms. The molecule has 2 heteroatoms. The smallest absolute Gasteiger partial charge is 0.0698 e. The van der Waals surface area contributed by atoms with Crippen molar-refractivity contribution in [2.24, 2.45) is 0 Å². The number of aromatic nitrogens is 1. The van der Waals surface area contributed by atoms with E-state index < -0.39 is 0 Å². The summed E-state index contributed by atoms with van der Waals surface area (Å²) in [6.07, 6.45) is 1.85. The standard InChI is InChI=1S/C14H14N2/c1-10-5-7-11(8-6-10)13-14(16-13)12-4-2-3-9-15-12/h2-9,13-14,16H,1H3/t13-,14+/m1/s1. The molecule has 0 amide bonds. The van der Waals surface area contributed by atoms with Gasteiger partial charge in [0.1, 0.15) is 0 Å². The van der Waals surface area contributed by atoms with Crippen LogP contribution in [0.3, 0.4) is 0 Å². The van der Waals surface area contributed by atoms with Crippen LogP contribution in [0.15, 0.2) is 48.7 Å². The molecule has 80 valence electrons. The molecular formula is C14H14N2. The molecule has 0 saturated carbocycles. The highest BCUT2D eigenvalue weighted by Crippen LogP contribution is 2.41. The van der Waals surface area contributed by atoms with Crippen LogP contribution in [0.1, 0.15) is 28.9 Å². The first-order valence-corrected chi connectivity index (χ1v) is 5.58. The van der Waals surface area contributed by atoms with E-state index in [1.165, 1.54) is 11.1 Å². The van der Waals surface area contributed by atoms with E-state index >= 15 is 0 Å².